The van der Waals surface area contributed by atoms with E-state index in [1.54, 1.807) is 31.4 Å². The second kappa shape index (κ2) is 11.8. The molecule has 39 heavy (non-hydrogen) atoms. The highest BCUT2D eigenvalue weighted by Crippen LogP contribution is 2.36. The number of anilines is 1. The highest BCUT2D eigenvalue weighted by Gasteiger charge is 2.48. The fraction of sp³-hybridized carbons (Fsp3) is 0.367. The van der Waals surface area contributed by atoms with Gasteiger partial charge in [-0.15, -0.1) is 0 Å². The first-order valence-electron chi connectivity index (χ1n) is 13.2. The lowest BCUT2D eigenvalue weighted by molar-refractivity contribution is -0.944. The van der Waals surface area contributed by atoms with E-state index in [1.165, 1.54) is 29.2 Å². The number of piperidine rings is 3. The molecule has 0 aromatic heterocycles. The molecular weight excluding hydrogens is 522 g/mol. The predicted molar refractivity (Wildman–Crippen MR) is 146 cm³/mol. The number of hydrogen-bond acceptors (Lipinski definition) is 4. The number of carbonyl (C=O) groups is 1. The van der Waals surface area contributed by atoms with Crippen LogP contribution in [0.2, 0.25) is 0 Å². The molecule has 206 valence electrons. The van der Waals surface area contributed by atoms with Gasteiger partial charge in [0.1, 0.15) is 23.9 Å². The Morgan fingerprint density at radius 1 is 1.00 bits per heavy atom. The smallest absolute Gasteiger partial charge is 0.415 e. The molecule has 2 atom stereocenters. The number of para-hydroxylation sites is 2. The van der Waals surface area contributed by atoms with Gasteiger partial charge in [-0.05, 0) is 42.0 Å². The summed E-state index contributed by atoms with van der Waals surface area (Å²) in [5.41, 5.74) is 0.775. The third kappa shape index (κ3) is 6.15. The number of halogens is 2. The summed E-state index contributed by atoms with van der Waals surface area (Å²) in [4.78, 5) is 15.5. The molecule has 0 saturated carbocycles. The van der Waals surface area contributed by atoms with Gasteiger partial charge in [0.15, 0.2) is 6.10 Å². The molecule has 9 heteroatoms. The average Bonchev–Trinajstić information content (AvgIpc) is 2.96. The van der Waals surface area contributed by atoms with Crippen molar-refractivity contribution in [2.75, 3.05) is 43.9 Å². The molecule has 0 spiro atoms. The molecule has 3 heterocycles. The van der Waals surface area contributed by atoms with E-state index < -0.39 is 22.7 Å². The molecule has 3 aliphatic heterocycles. The number of methoxy groups -OCH3 is 1. The molecule has 0 aliphatic carbocycles. The summed E-state index contributed by atoms with van der Waals surface area (Å²) in [6.45, 7) is 3.30. The molecule has 3 saturated heterocycles. The first-order chi connectivity index (χ1) is 18.9. The minimum atomic E-state index is -1.21. The van der Waals surface area contributed by atoms with Gasteiger partial charge in [0.2, 0.25) is 0 Å². The molecule has 3 fully saturated rings. The molecule has 3 aliphatic rings. The Morgan fingerprint density at radius 2 is 1.69 bits per heavy atom. The number of amides is 1. The zero-order chi connectivity index (χ0) is 27.4. The van der Waals surface area contributed by atoms with E-state index in [0.29, 0.717) is 35.1 Å². The summed E-state index contributed by atoms with van der Waals surface area (Å²) in [5.74, 6) is 0.424. The number of nitrogens with zero attached hydrogens (tertiary/aromatic N) is 2. The Morgan fingerprint density at radius 3 is 2.41 bits per heavy atom. The Hall–Kier alpha value is -3.30. The van der Waals surface area contributed by atoms with Crippen LogP contribution >= 0.6 is 0 Å². The highest BCUT2D eigenvalue weighted by molar-refractivity contribution is 7.85. The fourth-order valence-electron chi connectivity index (χ4n) is 5.75. The summed E-state index contributed by atoms with van der Waals surface area (Å²) in [6, 6.07) is 19.2. The zero-order valence-corrected chi connectivity index (χ0v) is 22.7. The monoisotopic (exact) mass is 555 g/mol. The zero-order valence-electron chi connectivity index (χ0n) is 21.9. The van der Waals surface area contributed by atoms with Gasteiger partial charge in [-0.2, -0.15) is 0 Å². The minimum absolute atomic E-state index is 0.0509. The van der Waals surface area contributed by atoms with Gasteiger partial charge in [-0.25, -0.2) is 13.6 Å². The summed E-state index contributed by atoms with van der Waals surface area (Å²) >= 11 is 0. The number of quaternary nitrogens is 1. The van der Waals surface area contributed by atoms with E-state index in [-0.39, 0.29) is 30.1 Å². The summed E-state index contributed by atoms with van der Waals surface area (Å²) in [5, 5.41) is 0. The van der Waals surface area contributed by atoms with Gasteiger partial charge in [-0.3, -0.25) is 9.11 Å². The number of carbonyl (C=O) groups excluding carboxylic acids is 1. The van der Waals surface area contributed by atoms with Crippen molar-refractivity contribution in [3.8, 4) is 5.75 Å². The van der Waals surface area contributed by atoms with Crippen LogP contribution in [-0.4, -0.2) is 59.9 Å². The quantitative estimate of drug-likeness (QED) is 0.326. The topological polar surface area (TPSA) is 55.8 Å². The van der Waals surface area contributed by atoms with Crippen LogP contribution < -0.4 is 9.64 Å². The van der Waals surface area contributed by atoms with Crippen molar-refractivity contribution in [2.24, 2.45) is 5.92 Å². The molecule has 6 nitrogen and oxygen atoms in total. The van der Waals surface area contributed by atoms with E-state index in [4.69, 9.17) is 9.47 Å². The predicted octanol–water partition coefficient (Wildman–Crippen LogP) is 5.53. The summed E-state index contributed by atoms with van der Waals surface area (Å²) < 4.78 is 53.6. The third-order valence-corrected chi connectivity index (χ3v) is 9.36. The van der Waals surface area contributed by atoms with Gasteiger partial charge in [-0.1, -0.05) is 36.4 Å². The maximum atomic E-state index is 14.8. The van der Waals surface area contributed by atoms with Crippen LogP contribution in [-0.2, 0) is 22.1 Å². The second-order valence-corrected chi connectivity index (χ2v) is 11.9. The van der Waals surface area contributed by atoms with Crippen molar-refractivity contribution in [1.82, 2.24) is 0 Å². The van der Waals surface area contributed by atoms with E-state index >= 15 is 0 Å². The first kappa shape index (κ1) is 27.3. The lowest BCUT2D eigenvalue weighted by Crippen LogP contribution is -2.65. The summed E-state index contributed by atoms with van der Waals surface area (Å²) in [7, 11) is 0.363. The lowest BCUT2D eigenvalue weighted by atomic mass is 9.83. The average molecular weight is 556 g/mol. The number of hydrogen-bond donors (Lipinski definition) is 0. The number of ether oxygens (including phenoxy) is 2. The molecule has 0 radical (unpaired) electrons. The minimum Gasteiger partial charge on any atom is -0.495 e. The second-order valence-electron chi connectivity index (χ2n) is 10.3. The summed E-state index contributed by atoms with van der Waals surface area (Å²) in [6.07, 6.45) is 0.884. The largest absolute Gasteiger partial charge is 0.495 e. The van der Waals surface area contributed by atoms with Gasteiger partial charge in [0.05, 0.1) is 60.4 Å². The maximum absolute atomic E-state index is 14.8. The van der Waals surface area contributed by atoms with E-state index in [9.17, 15) is 17.8 Å². The SMILES string of the molecule is COc1ccccc1S(=O)CC[N+]12CCC(CC1)[C@@H](OC(=O)N(Cc1ccc(F)cc1)c1ccccc1F)C2. The molecule has 3 aromatic carbocycles. The highest BCUT2D eigenvalue weighted by atomic mass is 32.2. The molecular formula is C30H33F2N2O4S+. The Bertz CT molecular complexity index is 1330. The van der Waals surface area contributed by atoms with Crippen LogP contribution in [0.1, 0.15) is 18.4 Å². The lowest BCUT2D eigenvalue weighted by Gasteiger charge is -2.52. The number of fused-ring (bicyclic) bond motifs is 3. The molecule has 1 unspecified atom stereocenters. The van der Waals surface area contributed by atoms with Crippen LogP contribution in [0, 0.1) is 17.6 Å². The maximum Gasteiger partial charge on any atom is 0.415 e. The van der Waals surface area contributed by atoms with Crippen molar-refractivity contribution in [3.05, 3.63) is 90.0 Å². The van der Waals surface area contributed by atoms with Crippen molar-refractivity contribution in [1.29, 1.82) is 0 Å². The van der Waals surface area contributed by atoms with Crippen molar-refractivity contribution in [3.63, 3.8) is 0 Å². The molecule has 2 bridgehead atoms. The van der Waals surface area contributed by atoms with Crippen LogP contribution in [0.5, 0.6) is 5.75 Å². The molecule has 0 N–H and O–H groups in total. The Kier molecular flexibility index (Phi) is 8.28. The molecule has 3 aromatic rings. The molecule has 6 rings (SSSR count). The number of benzene rings is 3. The third-order valence-electron chi connectivity index (χ3n) is 7.98. The van der Waals surface area contributed by atoms with Gasteiger partial charge in [0, 0.05) is 18.8 Å². The Balaban J connectivity index is 1.29. The van der Waals surface area contributed by atoms with Crippen LogP contribution in [0.3, 0.4) is 0 Å². The fourth-order valence-corrected chi connectivity index (χ4v) is 7.13. The molecule has 1 amide bonds. The standard InChI is InChI=1S/C30H33F2N2O4S/c1-37-27-8-4-5-9-29(27)39(36)19-18-34-16-14-23(15-17-34)28(21-34)38-30(35)33(26-7-3-2-6-25(26)32)20-22-10-12-24(31)13-11-22/h2-13,23,28H,14-21H2,1H3/q+1/t23?,28-,34?,39?/m0/s1. The van der Waals surface area contributed by atoms with Gasteiger partial charge in [0.25, 0.3) is 0 Å². The van der Waals surface area contributed by atoms with Gasteiger partial charge >= 0.3 is 6.09 Å². The van der Waals surface area contributed by atoms with Crippen LogP contribution in [0.25, 0.3) is 0 Å². The normalized spacial score (nSPS) is 22.7. The number of rotatable bonds is 9. The van der Waals surface area contributed by atoms with Crippen LogP contribution in [0.15, 0.2) is 77.7 Å². The van der Waals surface area contributed by atoms with E-state index in [1.807, 2.05) is 24.3 Å². The van der Waals surface area contributed by atoms with Crippen LogP contribution in [0.4, 0.5) is 19.3 Å². The van der Waals surface area contributed by atoms with E-state index in [2.05, 4.69) is 0 Å². The van der Waals surface area contributed by atoms with Crippen molar-refractivity contribution in [2.45, 2.75) is 30.4 Å². The van der Waals surface area contributed by atoms with Gasteiger partial charge < -0.3 is 14.0 Å². The Labute approximate surface area is 230 Å². The van der Waals surface area contributed by atoms with Crippen molar-refractivity contribution >= 4 is 22.6 Å². The van der Waals surface area contributed by atoms with E-state index in [0.717, 1.165) is 30.4 Å². The van der Waals surface area contributed by atoms with Crippen molar-refractivity contribution < 1.29 is 31.7 Å². The first-order valence-corrected chi connectivity index (χ1v) is 14.5.